The van der Waals surface area contributed by atoms with Crippen LogP contribution in [-0.4, -0.2) is 17.7 Å². The molecule has 6 heteroatoms. The number of carboxylic acid groups (broad SMARTS) is 1. The Hall–Kier alpha value is -1.57. The molecule has 2 N–H and O–H groups in total. The van der Waals surface area contributed by atoms with Crippen molar-refractivity contribution < 1.29 is 19.6 Å². The minimum absolute atomic E-state index is 0. The Balaban J connectivity index is 0.000000436. The summed E-state index contributed by atoms with van der Waals surface area (Å²) < 4.78 is 2.03. The lowest BCUT2D eigenvalue weighted by Crippen LogP contribution is -2.36. The van der Waals surface area contributed by atoms with Gasteiger partial charge in [-0.3, -0.25) is 0 Å². The number of aromatic nitrogens is 1. The van der Waals surface area contributed by atoms with Gasteiger partial charge in [-0.15, -0.1) is 24.0 Å². The van der Waals surface area contributed by atoms with E-state index in [1.807, 2.05) is 42.0 Å². The number of para-hydroxylation sites is 1. The van der Waals surface area contributed by atoms with Gasteiger partial charge < -0.3 is 20.3 Å². The third-order valence-corrected chi connectivity index (χ3v) is 2.73. The van der Waals surface area contributed by atoms with E-state index >= 15 is 0 Å². The van der Waals surface area contributed by atoms with Crippen LogP contribution in [0.2, 0.25) is 0 Å². The topological polar surface area (TPSA) is 76.3 Å². The smallest absolute Gasteiger partial charge is 0.254 e. The highest BCUT2D eigenvalue weighted by Gasteiger charge is 2.09. The largest absolute Gasteiger partial charge is 0.530 e. The van der Waals surface area contributed by atoms with E-state index in [4.69, 9.17) is 0 Å². The number of fused-ring (bicyclic) bond motifs is 1. The first-order valence-corrected chi connectivity index (χ1v) is 6.65. The predicted molar refractivity (Wildman–Crippen MR) is 90.6 cm³/mol. The third kappa shape index (κ3) is 6.16. The Kier molecular flexibility index (Phi) is 9.44. The number of hydrogen-bond donors (Lipinski definition) is 2. The van der Waals surface area contributed by atoms with E-state index in [0.717, 1.165) is 23.9 Å². The number of amides is 1. The molecule has 1 aromatic carbocycles. The van der Waals surface area contributed by atoms with E-state index in [-0.39, 0.29) is 24.0 Å². The number of phenolic OH excluding ortho intramolecular Hbond substituents is 1. The van der Waals surface area contributed by atoms with Gasteiger partial charge in [0.15, 0.2) is 11.9 Å². The number of aromatic hydroxyl groups is 1. The van der Waals surface area contributed by atoms with Gasteiger partial charge in [-0.05, 0) is 31.5 Å². The fraction of sp³-hybridized carbons (Fsp3) is 0.333. The summed E-state index contributed by atoms with van der Waals surface area (Å²) in [7, 11) is 0. The number of nitrogens with zero attached hydrogens (tertiary/aromatic N) is 1. The van der Waals surface area contributed by atoms with Crippen molar-refractivity contribution in [3.63, 3.8) is 0 Å². The molecular weight excluding hydrogens is 383 g/mol. The minimum atomic E-state index is -1.19. The second kappa shape index (κ2) is 10.2. The molecule has 0 spiro atoms. The molecule has 1 aromatic heterocycles. The van der Waals surface area contributed by atoms with Gasteiger partial charge in [0.05, 0.1) is 5.39 Å². The Labute approximate surface area is 141 Å². The fourth-order valence-electron chi connectivity index (χ4n) is 1.81. The quantitative estimate of drug-likeness (QED) is 0.605. The molecule has 0 aliphatic heterocycles. The van der Waals surface area contributed by atoms with Crippen LogP contribution in [0.15, 0.2) is 36.5 Å². The van der Waals surface area contributed by atoms with Gasteiger partial charge in [-0.25, -0.2) is 0 Å². The molecule has 0 fully saturated rings. The normalized spacial score (nSPS) is 9.24. The Morgan fingerprint density at radius 2 is 1.95 bits per heavy atom. The second-order valence-corrected chi connectivity index (χ2v) is 4.22. The van der Waals surface area contributed by atoms with Crippen LogP contribution in [0, 0.1) is 0 Å². The number of carbonyl (C=O) groups excluding carboxylic acids is 1. The molecule has 0 radical (unpaired) electrons. The zero-order valence-corrected chi connectivity index (χ0v) is 14.5. The van der Waals surface area contributed by atoms with Crippen molar-refractivity contribution in [2.75, 3.05) is 6.54 Å². The van der Waals surface area contributed by atoms with Crippen LogP contribution in [0.4, 0.5) is 4.79 Å². The molecule has 0 unspecified atom stereocenters. The highest BCUT2D eigenvalue weighted by molar-refractivity contribution is 14.0. The zero-order valence-electron chi connectivity index (χ0n) is 12.2. The van der Waals surface area contributed by atoms with Gasteiger partial charge in [-0.1, -0.05) is 13.0 Å². The molecule has 116 valence electrons. The summed E-state index contributed by atoms with van der Waals surface area (Å²) in [5.74, 6) is 0.347. The van der Waals surface area contributed by atoms with Crippen molar-refractivity contribution in [1.82, 2.24) is 5.32 Å². The Bertz CT molecular complexity index is 571. The number of aryl methyl sites for hydroxylation is 1. The van der Waals surface area contributed by atoms with Crippen LogP contribution >= 0.6 is 24.0 Å². The average Bonchev–Trinajstić information content (AvgIpc) is 2.45. The molecule has 2 aromatic rings. The minimum Gasteiger partial charge on any atom is -0.530 e. The molecule has 2 rings (SSSR count). The van der Waals surface area contributed by atoms with Gasteiger partial charge >= 0.3 is 0 Å². The molecule has 21 heavy (non-hydrogen) atoms. The standard InChI is InChI=1S/C11H11NO.C4H9NO2.HI/c1-2-12-8-4-6-9-5-3-7-10(13)11(9)12;1-2-3-5-4(6)7;/h3-8H,2H2,1H3;5H,2-3H2,1H3,(H,6,7);1H. The van der Waals surface area contributed by atoms with Crippen LogP contribution < -0.4 is 15.0 Å². The second-order valence-electron chi connectivity index (χ2n) is 4.22. The average molecular weight is 404 g/mol. The third-order valence-electron chi connectivity index (χ3n) is 2.73. The molecule has 1 heterocycles. The van der Waals surface area contributed by atoms with Crippen molar-refractivity contribution in [3.8, 4) is 5.75 Å². The summed E-state index contributed by atoms with van der Waals surface area (Å²) in [6.45, 7) is 5.30. The maximum Gasteiger partial charge on any atom is 0.254 e. The monoisotopic (exact) mass is 404 g/mol. The fourth-order valence-corrected chi connectivity index (χ4v) is 1.81. The summed E-state index contributed by atoms with van der Waals surface area (Å²) in [6.07, 6.45) is 1.60. The highest BCUT2D eigenvalue weighted by Crippen LogP contribution is 2.19. The lowest BCUT2D eigenvalue weighted by atomic mass is 10.2. The Morgan fingerprint density at radius 1 is 1.29 bits per heavy atom. The van der Waals surface area contributed by atoms with Gasteiger partial charge in [0.25, 0.3) is 5.52 Å². The molecule has 0 bridgehead atoms. The van der Waals surface area contributed by atoms with Crippen LogP contribution in [0.25, 0.3) is 10.9 Å². The summed E-state index contributed by atoms with van der Waals surface area (Å²) in [5, 5.41) is 22.4. The number of pyridine rings is 1. The molecule has 0 saturated heterocycles. The number of nitrogens with one attached hydrogen (secondary N) is 1. The van der Waals surface area contributed by atoms with Crippen molar-refractivity contribution in [1.29, 1.82) is 0 Å². The van der Waals surface area contributed by atoms with E-state index < -0.39 is 6.09 Å². The van der Waals surface area contributed by atoms with Crippen molar-refractivity contribution >= 4 is 41.0 Å². The molecular formula is C15H21IN2O3. The lowest BCUT2D eigenvalue weighted by molar-refractivity contribution is -0.668. The zero-order chi connectivity index (χ0) is 15.0. The summed E-state index contributed by atoms with van der Waals surface area (Å²) in [5.41, 5.74) is 0.910. The number of phenols is 1. The number of carbonyl (C=O) groups is 1. The lowest BCUT2D eigenvalue weighted by Gasteiger charge is -2.01. The van der Waals surface area contributed by atoms with E-state index in [1.54, 1.807) is 6.07 Å². The van der Waals surface area contributed by atoms with E-state index in [2.05, 4.69) is 12.2 Å². The summed E-state index contributed by atoms with van der Waals surface area (Å²) >= 11 is 0. The molecule has 0 atom stereocenters. The first kappa shape index (κ1) is 19.4. The van der Waals surface area contributed by atoms with Crippen LogP contribution in [0.5, 0.6) is 5.75 Å². The van der Waals surface area contributed by atoms with Crippen molar-refractivity contribution in [2.24, 2.45) is 0 Å². The van der Waals surface area contributed by atoms with Gasteiger partial charge in [0, 0.05) is 12.6 Å². The summed E-state index contributed by atoms with van der Waals surface area (Å²) in [4.78, 5) is 9.54. The van der Waals surface area contributed by atoms with Crippen molar-refractivity contribution in [3.05, 3.63) is 36.5 Å². The van der Waals surface area contributed by atoms with E-state index in [9.17, 15) is 15.0 Å². The van der Waals surface area contributed by atoms with E-state index in [1.165, 1.54) is 0 Å². The molecule has 0 aliphatic rings. The van der Waals surface area contributed by atoms with Gasteiger partial charge in [0.2, 0.25) is 0 Å². The molecule has 5 nitrogen and oxygen atoms in total. The highest BCUT2D eigenvalue weighted by atomic mass is 127. The molecule has 0 aliphatic carbocycles. The van der Waals surface area contributed by atoms with E-state index in [0.29, 0.717) is 12.3 Å². The number of hydrogen-bond acceptors (Lipinski definition) is 3. The first-order chi connectivity index (χ1) is 9.60. The number of halogens is 1. The van der Waals surface area contributed by atoms with Gasteiger partial charge in [0.1, 0.15) is 12.6 Å². The van der Waals surface area contributed by atoms with Crippen LogP contribution in [0.1, 0.15) is 20.3 Å². The molecule has 1 amide bonds. The SMILES string of the molecule is CCCNC(=O)[O-].CC[n+]1cccc2cccc(O)c21.I. The maximum atomic E-state index is 9.66. The first-order valence-electron chi connectivity index (χ1n) is 6.65. The summed E-state index contributed by atoms with van der Waals surface area (Å²) in [6, 6.07) is 9.57. The predicted octanol–water partition coefficient (Wildman–Crippen LogP) is 1.80. The number of rotatable bonds is 3. The molecule has 0 saturated carbocycles. The van der Waals surface area contributed by atoms with Crippen LogP contribution in [0.3, 0.4) is 0 Å². The number of benzene rings is 1. The maximum absolute atomic E-state index is 9.66. The van der Waals surface area contributed by atoms with Gasteiger partial charge in [-0.2, -0.15) is 4.57 Å². The van der Waals surface area contributed by atoms with Crippen LogP contribution in [-0.2, 0) is 6.54 Å². The van der Waals surface area contributed by atoms with Crippen molar-refractivity contribution in [2.45, 2.75) is 26.8 Å². The Morgan fingerprint density at radius 3 is 2.48 bits per heavy atom.